The van der Waals surface area contributed by atoms with Gasteiger partial charge in [-0.3, -0.25) is 4.79 Å². The zero-order valence-electron chi connectivity index (χ0n) is 16.7. The number of nitriles is 1. The van der Waals surface area contributed by atoms with Crippen molar-refractivity contribution in [3.8, 4) is 17.6 Å². The number of ether oxygens (including phenoxy) is 2. The Bertz CT molecular complexity index is 1220. The summed E-state index contributed by atoms with van der Waals surface area (Å²) in [5.74, 6) is 0.886. The normalized spacial score (nSPS) is 15.3. The van der Waals surface area contributed by atoms with Crippen molar-refractivity contribution in [3.05, 3.63) is 93.1 Å². The number of aryl methyl sites for hydroxylation is 1. The third kappa shape index (κ3) is 3.22. The fourth-order valence-electron chi connectivity index (χ4n) is 3.76. The molecule has 1 aromatic carbocycles. The number of pyridine rings is 1. The van der Waals surface area contributed by atoms with Crippen molar-refractivity contribution in [2.45, 2.75) is 26.3 Å². The minimum Gasteiger partial charge on any atom is -0.494 e. The maximum Gasteiger partial charge on any atom is 0.259 e. The lowest BCUT2D eigenvalue weighted by Crippen LogP contribution is -2.33. The molecule has 1 aliphatic heterocycles. The van der Waals surface area contributed by atoms with Crippen molar-refractivity contribution < 1.29 is 13.9 Å². The first-order valence-electron chi connectivity index (χ1n) is 9.61. The van der Waals surface area contributed by atoms with Crippen molar-refractivity contribution >= 4 is 0 Å². The second kappa shape index (κ2) is 7.84. The molecule has 0 saturated carbocycles. The molecule has 0 saturated heterocycles. The Labute approximate surface area is 173 Å². The largest absolute Gasteiger partial charge is 0.494 e. The molecule has 3 aromatic rings. The van der Waals surface area contributed by atoms with Crippen LogP contribution in [-0.4, -0.2) is 11.2 Å². The fourth-order valence-corrected chi connectivity index (χ4v) is 3.76. The van der Waals surface area contributed by atoms with Gasteiger partial charge >= 0.3 is 0 Å². The number of rotatable bonds is 5. The summed E-state index contributed by atoms with van der Waals surface area (Å²) in [4.78, 5) is 13.6. The molecular formula is C23H21N3O4. The number of hydrogen-bond donors (Lipinski definition) is 1. The molecule has 0 amide bonds. The van der Waals surface area contributed by atoms with Crippen LogP contribution in [0.2, 0.25) is 0 Å². The van der Waals surface area contributed by atoms with Crippen molar-refractivity contribution in [2.75, 3.05) is 6.61 Å². The van der Waals surface area contributed by atoms with Crippen LogP contribution in [0.15, 0.2) is 69.4 Å². The van der Waals surface area contributed by atoms with Gasteiger partial charge in [0.25, 0.3) is 5.56 Å². The zero-order chi connectivity index (χ0) is 21.3. The Morgan fingerprint density at radius 2 is 2.07 bits per heavy atom. The molecule has 7 nitrogen and oxygen atoms in total. The smallest absolute Gasteiger partial charge is 0.259 e. The molecule has 4 rings (SSSR count). The number of para-hydroxylation sites is 1. The number of nitrogens with zero attached hydrogens (tertiary/aromatic N) is 2. The van der Waals surface area contributed by atoms with Crippen molar-refractivity contribution in [2.24, 2.45) is 5.73 Å². The molecule has 0 bridgehead atoms. The first kappa shape index (κ1) is 19.4. The molecule has 0 radical (unpaired) electrons. The summed E-state index contributed by atoms with van der Waals surface area (Å²) >= 11 is 0. The van der Waals surface area contributed by atoms with Gasteiger partial charge in [-0.05, 0) is 32.0 Å². The average molecular weight is 403 g/mol. The van der Waals surface area contributed by atoms with Crippen LogP contribution in [0.3, 0.4) is 0 Å². The molecule has 152 valence electrons. The Balaban J connectivity index is 1.96. The molecule has 0 aliphatic carbocycles. The van der Waals surface area contributed by atoms with Gasteiger partial charge in [0, 0.05) is 17.3 Å². The summed E-state index contributed by atoms with van der Waals surface area (Å²) in [7, 11) is 0. The molecule has 1 aliphatic rings. The van der Waals surface area contributed by atoms with E-state index >= 15 is 0 Å². The third-order valence-electron chi connectivity index (χ3n) is 5.11. The molecule has 0 spiro atoms. The Morgan fingerprint density at radius 1 is 1.27 bits per heavy atom. The lowest BCUT2D eigenvalue weighted by atomic mass is 9.83. The van der Waals surface area contributed by atoms with Crippen molar-refractivity contribution in [1.82, 2.24) is 4.57 Å². The van der Waals surface area contributed by atoms with Gasteiger partial charge < -0.3 is 24.2 Å². The van der Waals surface area contributed by atoms with E-state index in [2.05, 4.69) is 6.07 Å². The first-order chi connectivity index (χ1) is 14.5. The van der Waals surface area contributed by atoms with Crippen molar-refractivity contribution in [3.63, 3.8) is 0 Å². The van der Waals surface area contributed by atoms with Crippen LogP contribution in [-0.2, 0) is 6.54 Å². The van der Waals surface area contributed by atoms with E-state index in [0.29, 0.717) is 40.7 Å². The first-order valence-corrected chi connectivity index (χ1v) is 9.61. The van der Waals surface area contributed by atoms with Crippen LogP contribution < -0.4 is 20.8 Å². The number of hydrogen-bond acceptors (Lipinski definition) is 6. The number of aromatic nitrogens is 1. The number of nitrogens with two attached hydrogens (primary N) is 1. The van der Waals surface area contributed by atoms with E-state index in [1.807, 2.05) is 44.2 Å². The highest BCUT2D eigenvalue weighted by molar-refractivity contribution is 5.58. The van der Waals surface area contributed by atoms with E-state index in [-0.39, 0.29) is 23.6 Å². The highest BCUT2D eigenvalue weighted by atomic mass is 16.5. The monoisotopic (exact) mass is 403 g/mol. The summed E-state index contributed by atoms with van der Waals surface area (Å²) in [5, 5.41) is 9.83. The summed E-state index contributed by atoms with van der Waals surface area (Å²) in [6.07, 6.45) is 1.57. The Morgan fingerprint density at radius 3 is 2.77 bits per heavy atom. The van der Waals surface area contributed by atoms with Crippen LogP contribution >= 0.6 is 0 Å². The predicted octanol–water partition coefficient (Wildman–Crippen LogP) is 3.41. The molecular weight excluding hydrogens is 382 g/mol. The topological polar surface area (TPSA) is 103 Å². The van der Waals surface area contributed by atoms with Gasteiger partial charge in [-0.25, -0.2) is 0 Å². The van der Waals surface area contributed by atoms with Crippen LogP contribution in [0.25, 0.3) is 0 Å². The zero-order valence-corrected chi connectivity index (χ0v) is 16.7. The number of benzene rings is 1. The fraction of sp³-hybridized carbons (Fsp3) is 0.217. The minimum atomic E-state index is -0.697. The summed E-state index contributed by atoms with van der Waals surface area (Å²) in [6.45, 7) is 4.41. The highest BCUT2D eigenvalue weighted by Crippen LogP contribution is 2.43. The molecule has 30 heavy (non-hydrogen) atoms. The van der Waals surface area contributed by atoms with Crippen LogP contribution in [0, 0.1) is 18.3 Å². The van der Waals surface area contributed by atoms with Gasteiger partial charge in [0.1, 0.15) is 28.9 Å². The molecule has 0 fully saturated rings. The maximum atomic E-state index is 13.6. The van der Waals surface area contributed by atoms with Crippen LogP contribution in [0.1, 0.15) is 35.4 Å². The Kier molecular flexibility index (Phi) is 5.07. The molecule has 0 unspecified atom stereocenters. The highest BCUT2D eigenvalue weighted by Gasteiger charge is 2.36. The van der Waals surface area contributed by atoms with Gasteiger partial charge in [0.15, 0.2) is 0 Å². The van der Waals surface area contributed by atoms with E-state index in [1.165, 1.54) is 0 Å². The Hall–Kier alpha value is -3.92. The second-order valence-corrected chi connectivity index (χ2v) is 6.93. The number of furan rings is 1. The van der Waals surface area contributed by atoms with Gasteiger partial charge in [0.05, 0.1) is 30.9 Å². The third-order valence-corrected chi connectivity index (χ3v) is 5.11. The van der Waals surface area contributed by atoms with Gasteiger partial charge in [-0.1, -0.05) is 18.2 Å². The van der Waals surface area contributed by atoms with E-state index in [4.69, 9.17) is 19.6 Å². The SMILES string of the molecule is CCOc1ccccc1[C@H]1C(C#N)=C(N)Oc2cc(C)n(Cc3ccco3)c(=O)c21. The standard InChI is InChI=1S/C23H21N3O4/c1-3-28-18-9-5-4-8-16(18)20-17(12-24)22(25)30-19-11-14(2)26(23(27)21(19)20)13-15-7-6-10-29-15/h4-11,20H,3,13,25H2,1-2H3/t20-/m0/s1. The lowest BCUT2D eigenvalue weighted by Gasteiger charge is -2.28. The lowest BCUT2D eigenvalue weighted by molar-refractivity contribution is 0.334. The average Bonchev–Trinajstić information content (AvgIpc) is 3.24. The summed E-state index contributed by atoms with van der Waals surface area (Å²) < 4.78 is 18.5. The van der Waals surface area contributed by atoms with Gasteiger partial charge in [-0.15, -0.1) is 0 Å². The molecule has 2 aromatic heterocycles. The van der Waals surface area contributed by atoms with Gasteiger partial charge in [0.2, 0.25) is 5.88 Å². The minimum absolute atomic E-state index is 0.0103. The predicted molar refractivity (Wildman–Crippen MR) is 110 cm³/mol. The second-order valence-electron chi connectivity index (χ2n) is 6.93. The summed E-state index contributed by atoms with van der Waals surface area (Å²) in [5.41, 5.74) is 7.72. The number of fused-ring (bicyclic) bond motifs is 1. The summed E-state index contributed by atoms with van der Waals surface area (Å²) in [6, 6.07) is 14.8. The van der Waals surface area contributed by atoms with E-state index in [0.717, 1.165) is 0 Å². The maximum absolute atomic E-state index is 13.6. The molecule has 3 heterocycles. The van der Waals surface area contributed by atoms with E-state index in [9.17, 15) is 10.1 Å². The number of allylic oxidation sites excluding steroid dienone is 1. The van der Waals surface area contributed by atoms with E-state index in [1.54, 1.807) is 23.0 Å². The van der Waals surface area contributed by atoms with Gasteiger partial charge in [-0.2, -0.15) is 5.26 Å². The van der Waals surface area contributed by atoms with Crippen LogP contribution in [0.4, 0.5) is 0 Å². The van der Waals surface area contributed by atoms with Crippen LogP contribution in [0.5, 0.6) is 11.5 Å². The quantitative estimate of drug-likeness (QED) is 0.700. The van der Waals surface area contributed by atoms with E-state index < -0.39 is 5.92 Å². The molecule has 2 N–H and O–H groups in total. The molecule has 1 atom stereocenters. The molecule has 7 heteroatoms. The van der Waals surface area contributed by atoms with Crippen molar-refractivity contribution in [1.29, 1.82) is 5.26 Å².